The Balaban J connectivity index is 0.00000140. The van der Waals surface area contributed by atoms with Crippen molar-refractivity contribution in [3.63, 3.8) is 0 Å². The number of nitrogens with one attached hydrogen (secondary N) is 2. The summed E-state index contributed by atoms with van der Waals surface area (Å²) in [6, 6.07) is 4.39. The van der Waals surface area contributed by atoms with Gasteiger partial charge in [-0.3, -0.25) is 9.69 Å². The van der Waals surface area contributed by atoms with Gasteiger partial charge in [0.15, 0.2) is 5.58 Å². The van der Waals surface area contributed by atoms with Gasteiger partial charge in [0.2, 0.25) is 11.8 Å². The number of hydrogen-bond donors (Lipinski definition) is 2. The minimum Gasteiger partial charge on any atom is -0.439 e. The van der Waals surface area contributed by atoms with Crippen molar-refractivity contribution in [2.24, 2.45) is 5.92 Å². The number of carbonyl (C=O) groups is 1. The molecule has 4 rings (SSSR count). The summed E-state index contributed by atoms with van der Waals surface area (Å²) in [5.74, 6) is 0.868. The smallest absolute Gasteiger partial charge is 0.237 e. The molecule has 6 nitrogen and oxygen atoms in total. The molecule has 9 heteroatoms. The molecule has 0 spiro atoms. The SMILES string of the molecule is Cl.Cl.O=C(NCC1CCCN(Cc2nc3ccc(F)cc3o2)C1)C1CCCN1. The van der Waals surface area contributed by atoms with Gasteiger partial charge in [-0.1, -0.05) is 0 Å². The molecule has 2 atom stereocenters. The molecule has 2 aliphatic heterocycles. The van der Waals surface area contributed by atoms with E-state index in [0.29, 0.717) is 36.0 Å². The van der Waals surface area contributed by atoms with Gasteiger partial charge < -0.3 is 15.1 Å². The molecule has 28 heavy (non-hydrogen) atoms. The van der Waals surface area contributed by atoms with E-state index >= 15 is 0 Å². The zero-order chi connectivity index (χ0) is 17.9. The molecule has 0 aliphatic carbocycles. The minimum absolute atomic E-state index is 0. The van der Waals surface area contributed by atoms with Crippen LogP contribution in [0.25, 0.3) is 11.1 Å². The van der Waals surface area contributed by atoms with Crippen LogP contribution in [-0.4, -0.2) is 48.0 Å². The van der Waals surface area contributed by atoms with Crippen molar-refractivity contribution in [1.29, 1.82) is 0 Å². The van der Waals surface area contributed by atoms with Crippen LogP contribution in [0.5, 0.6) is 0 Å². The number of benzene rings is 1. The third-order valence-corrected chi connectivity index (χ3v) is 5.30. The highest BCUT2D eigenvalue weighted by molar-refractivity contribution is 5.85. The molecule has 2 fully saturated rings. The second kappa shape index (κ2) is 10.4. The van der Waals surface area contributed by atoms with E-state index in [1.807, 2.05) is 0 Å². The van der Waals surface area contributed by atoms with Crippen LogP contribution in [0.3, 0.4) is 0 Å². The minimum atomic E-state index is -0.314. The lowest BCUT2D eigenvalue weighted by Gasteiger charge is -2.32. The molecule has 3 heterocycles. The van der Waals surface area contributed by atoms with Crippen LogP contribution in [-0.2, 0) is 11.3 Å². The molecule has 2 N–H and O–H groups in total. The van der Waals surface area contributed by atoms with Crippen LogP contribution in [0.2, 0.25) is 0 Å². The normalized spacial score (nSPS) is 22.5. The van der Waals surface area contributed by atoms with Gasteiger partial charge >= 0.3 is 0 Å². The fourth-order valence-electron chi connectivity index (χ4n) is 3.94. The number of aromatic nitrogens is 1. The summed E-state index contributed by atoms with van der Waals surface area (Å²) in [7, 11) is 0. The molecule has 1 aromatic carbocycles. The van der Waals surface area contributed by atoms with Gasteiger partial charge in [0.25, 0.3) is 0 Å². The number of amides is 1. The zero-order valence-electron chi connectivity index (χ0n) is 15.7. The standard InChI is InChI=1S/C19H25FN4O2.2ClH/c20-14-5-6-15-17(9-14)26-18(23-15)12-24-8-2-3-13(11-24)10-22-19(25)16-4-1-7-21-16;;/h5-6,9,13,16,21H,1-4,7-8,10-12H2,(H,22,25);2*1H. The monoisotopic (exact) mass is 432 g/mol. The Morgan fingerprint density at radius 1 is 1.32 bits per heavy atom. The number of likely N-dealkylation sites (tertiary alicyclic amines) is 1. The highest BCUT2D eigenvalue weighted by Gasteiger charge is 2.25. The Hall–Kier alpha value is -1.41. The molecular weight excluding hydrogens is 406 g/mol. The number of fused-ring (bicyclic) bond motifs is 1. The maximum absolute atomic E-state index is 13.3. The van der Waals surface area contributed by atoms with E-state index in [-0.39, 0.29) is 42.6 Å². The zero-order valence-corrected chi connectivity index (χ0v) is 17.3. The molecule has 2 unspecified atom stereocenters. The summed E-state index contributed by atoms with van der Waals surface area (Å²) in [4.78, 5) is 18.9. The first-order valence-electron chi connectivity index (χ1n) is 9.46. The Morgan fingerprint density at radius 2 is 2.18 bits per heavy atom. The first-order valence-corrected chi connectivity index (χ1v) is 9.46. The van der Waals surface area contributed by atoms with E-state index in [9.17, 15) is 9.18 Å². The molecule has 2 saturated heterocycles. The van der Waals surface area contributed by atoms with E-state index in [2.05, 4.69) is 20.5 Å². The van der Waals surface area contributed by atoms with Gasteiger partial charge in [-0.25, -0.2) is 9.37 Å². The van der Waals surface area contributed by atoms with Gasteiger partial charge in [0, 0.05) is 19.2 Å². The van der Waals surface area contributed by atoms with Crippen molar-refractivity contribution in [3.05, 3.63) is 29.9 Å². The van der Waals surface area contributed by atoms with E-state index in [1.54, 1.807) is 6.07 Å². The second-order valence-corrected chi connectivity index (χ2v) is 7.36. The summed E-state index contributed by atoms with van der Waals surface area (Å²) in [6.45, 7) is 4.16. The first kappa shape index (κ1) is 22.9. The van der Waals surface area contributed by atoms with Gasteiger partial charge in [0.1, 0.15) is 11.3 Å². The number of carbonyl (C=O) groups excluding carboxylic acids is 1. The summed E-state index contributed by atoms with van der Waals surface area (Å²) < 4.78 is 19.0. The molecular formula is C19H27Cl2FN4O2. The first-order chi connectivity index (χ1) is 12.7. The van der Waals surface area contributed by atoms with Crippen molar-refractivity contribution in [1.82, 2.24) is 20.5 Å². The van der Waals surface area contributed by atoms with Crippen LogP contribution in [0, 0.1) is 11.7 Å². The average Bonchev–Trinajstić information content (AvgIpc) is 3.29. The highest BCUT2D eigenvalue weighted by Crippen LogP contribution is 2.21. The number of oxazole rings is 1. The van der Waals surface area contributed by atoms with Gasteiger partial charge in [0.05, 0.1) is 12.6 Å². The summed E-state index contributed by atoms with van der Waals surface area (Å²) in [5.41, 5.74) is 1.18. The maximum atomic E-state index is 13.3. The lowest BCUT2D eigenvalue weighted by Crippen LogP contribution is -2.45. The number of hydrogen-bond acceptors (Lipinski definition) is 5. The van der Waals surface area contributed by atoms with Crippen LogP contribution in [0.1, 0.15) is 31.6 Å². The van der Waals surface area contributed by atoms with E-state index in [1.165, 1.54) is 12.1 Å². The van der Waals surface area contributed by atoms with Crippen LogP contribution < -0.4 is 10.6 Å². The molecule has 0 radical (unpaired) electrons. The third kappa shape index (κ3) is 5.56. The fourth-order valence-corrected chi connectivity index (χ4v) is 3.94. The number of rotatable bonds is 5. The van der Waals surface area contributed by atoms with Crippen molar-refractivity contribution < 1.29 is 13.6 Å². The summed E-state index contributed by atoms with van der Waals surface area (Å²) >= 11 is 0. The van der Waals surface area contributed by atoms with Crippen molar-refractivity contribution in [3.8, 4) is 0 Å². The van der Waals surface area contributed by atoms with E-state index in [0.717, 1.165) is 45.3 Å². The van der Waals surface area contributed by atoms with Crippen LogP contribution >= 0.6 is 24.8 Å². The largest absolute Gasteiger partial charge is 0.439 e. The van der Waals surface area contributed by atoms with E-state index < -0.39 is 0 Å². The predicted octanol–water partition coefficient (Wildman–Crippen LogP) is 2.89. The summed E-state index contributed by atoms with van der Waals surface area (Å²) in [6.07, 6.45) is 4.22. The number of halogens is 3. The van der Waals surface area contributed by atoms with Gasteiger partial charge in [-0.2, -0.15) is 0 Å². The lowest BCUT2D eigenvalue weighted by molar-refractivity contribution is -0.123. The lowest BCUT2D eigenvalue weighted by atomic mass is 9.98. The van der Waals surface area contributed by atoms with Crippen molar-refractivity contribution in [2.75, 3.05) is 26.2 Å². The van der Waals surface area contributed by atoms with E-state index in [4.69, 9.17) is 4.42 Å². The molecule has 156 valence electrons. The molecule has 1 amide bonds. The Kier molecular flexibility index (Phi) is 8.49. The predicted molar refractivity (Wildman–Crippen MR) is 110 cm³/mol. The van der Waals surface area contributed by atoms with Gasteiger partial charge in [-0.15, -0.1) is 24.8 Å². The fraction of sp³-hybridized carbons (Fsp3) is 0.579. The van der Waals surface area contributed by atoms with Crippen LogP contribution in [0.4, 0.5) is 4.39 Å². The van der Waals surface area contributed by atoms with Gasteiger partial charge in [-0.05, 0) is 56.8 Å². The Labute approximate surface area is 176 Å². The molecule has 1 aromatic heterocycles. The van der Waals surface area contributed by atoms with Crippen LogP contribution in [0.15, 0.2) is 22.6 Å². The number of piperidine rings is 1. The Morgan fingerprint density at radius 3 is 2.96 bits per heavy atom. The average molecular weight is 433 g/mol. The Bertz CT molecular complexity index is 782. The number of nitrogens with zero attached hydrogens (tertiary/aromatic N) is 2. The van der Waals surface area contributed by atoms with Crippen molar-refractivity contribution in [2.45, 2.75) is 38.3 Å². The molecule has 0 saturated carbocycles. The van der Waals surface area contributed by atoms with Crippen molar-refractivity contribution >= 4 is 41.8 Å². The topological polar surface area (TPSA) is 70.4 Å². The highest BCUT2D eigenvalue weighted by atomic mass is 35.5. The molecule has 0 bridgehead atoms. The molecule has 2 aromatic rings. The second-order valence-electron chi connectivity index (χ2n) is 7.36. The maximum Gasteiger partial charge on any atom is 0.237 e. The quantitative estimate of drug-likeness (QED) is 0.759. The third-order valence-electron chi connectivity index (χ3n) is 5.30. The molecule has 2 aliphatic rings. The summed E-state index contributed by atoms with van der Waals surface area (Å²) in [5, 5.41) is 6.33.